The van der Waals surface area contributed by atoms with Crippen molar-refractivity contribution in [2.24, 2.45) is 0 Å². The van der Waals surface area contributed by atoms with Crippen LogP contribution in [0.5, 0.6) is 5.75 Å². The molecule has 3 N–H and O–H groups in total. The minimum atomic E-state index is -0.613. The number of nitrogens with zero attached hydrogens (tertiary/aromatic N) is 2. The normalized spacial score (nSPS) is 10.9. The zero-order chi connectivity index (χ0) is 31.2. The maximum Gasteiger partial charge on any atom is 0.417 e. The number of anilines is 4. The first-order valence-electron chi connectivity index (χ1n) is 14.2. The molecule has 8 nitrogen and oxygen atoms in total. The number of carbonyl (C=O) groups is 2. The van der Waals surface area contributed by atoms with Crippen LogP contribution in [0.15, 0.2) is 78.9 Å². The highest BCUT2D eigenvalue weighted by molar-refractivity contribution is 6.18. The lowest BCUT2D eigenvalue weighted by molar-refractivity contribution is 0.0964. The molecule has 0 aliphatic heterocycles. The lowest BCUT2D eigenvalue weighted by Gasteiger charge is -2.22. The summed E-state index contributed by atoms with van der Waals surface area (Å²) in [4.78, 5) is 32.5. The molecule has 1 aromatic heterocycles. The first kappa shape index (κ1) is 30.9. The van der Waals surface area contributed by atoms with Gasteiger partial charge in [0, 0.05) is 59.7 Å². The van der Waals surface area contributed by atoms with Crippen molar-refractivity contribution < 1.29 is 14.3 Å². The highest BCUT2D eigenvalue weighted by atomic mass is 35.5. The SMILES string of the molecule is CNC(=O)c1cccc2c(Nc3cc(C)cc(NC(=O)Oc4ccc(N(CCCl)CCCl)cc4)c3)c3cccc(C)c3nc12. The number of hydrogen-bond donors (Lipinski definition) is 3. The van der Waals surface area contributed by atoms with Crippen LogP contribution in [0.2, 0.25) is 0 Å². The summed E-state index contributed by atoms with van der Waals surface area (Å²) in [7, 11) is 1.60. The molecule has 0 unspecified atom stereocenters. The molecule has 226 valence electrons. The van der Waals surface area contributed by atoms with Gasteiger partial charge in [0.25, 0.3) is 5.91 Å². The highest BCUT2D eigenvalue weighted by Gasteiger charge is 2.17. The fraction of sp³-hybridized carbons (Fsp3) is 0.206. The second-order valence-corrected chi connectivity index (χ2v) is 11.1. The first-order valence-corrected chi connectivity index (χ1v) is 15.3. The Labute approximate surface area is 266 Å². The van der Waals surface area contributed by atoms with Gasteiger partial charge in [0.05, 0.1) is 22.3 Å². The molecule has 0 saturated heterocycles. The molecule has 0 spiro atoms. The molecule has 44 heavy (non-hydrogen) atoms. The van der Waals surface area contributed by atoms with Crippen LogP contribution in [-0.4, -0.2) is 48.9 Å². The number of hydrogen-bond acceptors (Lipinski definition) is 6. The topological polar surface area (TPSA) is 95.6 Å². The maximum absolute atomic E-state index is 12.9. The fourth-order valence-electron chi connectivity index (χ4n) is 5.21. The number of benzene rings is 4. The molecule has 1 heterocycles. The number of amides is 2. The Bertz CT molecular complexity index is 1820. The van der Waals surface area contributed by atoms with Gasteiger partial charge in [-0.2, -0.15) is 0 Å². The van der Waals surface area contributed by atoms with Crippen molar-refractivity contribution in [2.45, 2.75) is 13.8 Å². The molecule has 0 saturated carbocycles. The van der Waals surface area contributed by atoms with Gasteiger partial charge < -0.3 is 20.3 Å². The Hall–Kier alpha value is -4.53. The summed E-state index contributed by atoms with van der Waals surface area (Å²) in [5.74, 6) is 1.16. The average molecular weight is 631 g/mol. The quantitative estimate of drug-likeness (QED) is 0.107. The van der Waals surface area contributed by atoms with E-state index in [2.05, 4.69) is 20.9 Å². The van der Waals surface area contributed by atoms with Gasteiger partial charge >= 0.3 is 6.09 Å². The predicted octanol–water partition coefficient (Wildman–Crippen LogP) is 8.00. The van der Waals surface area contributed by atoms with Crippen molar-refractivity contribution >= 4 is 79.8 Å². The molecule has 10 heteroatoms. The van der Waals surface area contributed by atoms with E-state index in [9.17, 15) is 9.59 Å². The lowest BCUT2D eigenvalue weighted by atomic mass is 10.0. The van der Waals surface area contributed by atoms with E-state index in [0.717, 1.165) is 44.5 Å². The lowest BCUT2D eigenvalue weighted by Crippen LogP contribution is -2.27. The number of halogens is 2. The molecule has 0 bridgehead atoms. The second kappa shape index (κ2) is 13.8. The number of para-hydroxylation sites is 2. The van der Waals surface area contributed by atoms with Gasteiger partial charge in [-0.1, -0.05) is 30.3 Å². The van der Waals surface area contributed by atoms with Gasteiger partial charge in [0.1, 0.15) is 5.75 Å². The third-order valence-electron chi connectivity index (χ3n) is 7.22. The Morgan fingerprint density at radius 1 is 0.841 bits per heavy atom. The number of fused-ring (bicyclic) bond motifs is 2. The maximum atomic E-state index is 12.9. The van der Waals surface area contributed by atoms with Gasteiger partial charge in [-0.3, -0.25) is 10.1 Å². The van der Waals surface area contributed by atoms with Gasteiger partial charge in [-0.15, -0.1) is 23.2 Å². The zero-order valence-electron chi connectivity index (χ0n) is 24.7. The molecular formula is C34H33Cl2N5O3. The average Bonchev–Trinajstić information content (AvgIpc) is 3.01. The summed E-state index contributed by atoms with van der Waals surface area (Å²) in [6, 6.07) is 24.5. The van der Waals surface area contributed by atoms with E-state index in [1.54, 1.807) is 25.2 Å². The Morgan fingerprint density at radius 3 is 2.18 bits per heavy atom. The standard InChI is InChI=1S/C34H33Cl2N5O3/c1-21-18-23(20-24(19-21)39-34(43)44-26-12-10-25(11-13-26)41(16-14-35)17-15-36)38-31-27-7-4-6-22(2)30(27)40-32-28(31)8-5-9-29(32)33(42)37-3/h4-13,18-20H,14-17H2,1-3H3,(H,37,42)(H,38,40)(H,39,43). The number of aromatic nitrogens is 1. The molecule has 5 aromatic rings. The van der Waals surface area contributed by atoms with Crippen LogP contribution >= 0.6 is 23.2 Å². The van der Waals surface area contributed by atoms with Crippen LogP contribution in [-0.2, 0) is 0 Å². The van der Waals surface area contributed by atoms with Crippen molar-refractivity contribution in [1.29, 1.82) is 0 Å². The van der Waals surface area contributed by atoms with E-state index in [1.165, 1.54) is 0 Å². The number of alkyl halides is 2. The third kappa shape index (κ3) is 6.82. The zero-order valence-corrected chi connectivity index (χ0v) is 26.2. The summed E-state index contributed by atoms with van der Waals surface area (Å²) in [5, 5.41) is 10.8. The van der Waals surface area contributed by atoms with Crippen LogP contribution in [0.3, 0.4) is 0 Å². The molecule has 4 aromatic carbocycles. The molecule has 2 amide bonds. The van der Waals surface area contributed by atoms with Crippen LogP contribution in [0.1, 0.15) is 21.5 Å². The largest absolute Gasteiger partial charge is 0.417 e. The Balaban J connectivity index is 1.42. The van der Waals surface area contributed by atoms with Gasteiger partial charge in [-0.05, 0) is 73.5 Å². The number of rotatable bonds is 10. The predicted molar refractivity (Wildman–Crippen MR) is 182 cm³/mol. The van der Waals surface area contributed by atoms with E-state index in [-0.39, 0.29) is 5.91 Å². The molecular weight excluding hydrogens is 597 g/mol. The number of carbonyl (C=O) groups excluding carboxylic acids is 2. The fourth-order valence-corrected chi connectivity index (χ4v) is 5.61. The van der Waals surface area contributed by atoms with Crippen molar-refractivity contribution in [3.63, 3.8) is 0 Å². The molecule has 0 radical (unpaired) electrons. The third-order valence-corrected chi connectivity index (χ3v) is 7.56. The molecule has 0 fully saturated rings. The number of pyridine rings is 1. The van der Waals surface area contributed by atoms with Crippen molar-refractivity contribution in [2.75, 3.05) is 47.4 Å². The number of nitrogens with one attached hydrogen (secondary N) is 3. The van der Waals surface area contributed by atoms with Gasteiger partial charge in [0.2, 0.25) is 0 Å². The first-order chi connectivity index (χ1) is 21.3. The summed E-state index contributed by atoms with van der Waals surface area (Å²) in [5.41, 5.74) is 6.90. The molecule has 0 aliphatic rings. The van der Waals surface area contributed by atoms with E-state index in [0.29, 0.717) is 47.4 Å². The van der Waals surface area contributed by atoms with Crippen LogP contribution in [0, 0.1) is 13.8 Å². The Kier molecular flexibility index (Phi) is 9.72. The minimum Gasteiger partial charge on any atom is -0.410 e. The summed E-state index contributed by atoms with van der Waals surface area (Å²) >= 11 is 11.8. The smallest absolute Gasteiger partial charge is 0.410 e. The van der Waals surface area contributed by atoms with Crippen molar-refractivity contribution in [1.82, 2.24) is 10.3 Å². The van der Waals surface area contributed by atoms with E-state index < -0.39 is 6.09 Å². The van der Waals surface area contributed by atoms with E-state index in [4.69, 9.17) is 32.9 Å². The minimum absolute atomic E-state index is 0.208. The summed E-state index contributed by atoms with van der Waals surface area (Å²) in [6.45, 7) is 5.28. The van der Waals surface area contributed by atoms with Crippen molar-refractivity contribution in [3.8, 4) is 5.75 Å². The van der Waals surface area contributed by atoms with E-state index in [1.807, 2.05) is 74.5 Å². The second-order valence-electron chi connectivity index (χ2n) is 10.3. The molecule has 0 atom stereocenters. The molecule has 0 aliphatic carbocycles. The van der Waals surface area contributed by atoms with Gasteiger partial charge in [-0.25, -0.2) is 9.78 Å². The van der Waals surface area contributed by atoms with E-state index >= 15 is 0 Å². The van der Waals surface area contributed by atoms with Crippen LogP contribution in [0.25, 0.3) is 21.8 Å². The van der Waals surface area contributed by atoms with Crippen LogP contribution < -0.4 is 25.6 Å². The van der Waals surface area contributed by atoms with Crippen LogP contribution in [0.4, 0.5) is 27.5 Å². The summed E-state index contributed by atoms with van der Waals surface area (Å²) in [6.07, 6.45) is -0.613. The molecule has 5 rings (SSSR count). The highest BCUT2D eigenvalue weighted by Crippen LogP contribution is 2.36. The van der Waals surface area contributed by atoms with Gasteiger partial charge in [0.15, 0.2) is 0 Å². The van der Waals surface area contributed by atoms with Crippen molar-refractivity contribution in [3.05, 3.63) is 95.6 Å². The number of aryl methyl sites for hydroxylation is 2. The monoisotopic (exact) mass is 629 g/mol. The Morgan fingerprint density at radius 2 is 1.50 bits per heavy atom. The summed E-state index contributed by atoms with van der Waals surface area (Å²) < 4.78 is 5.56. The number of ether oxygens (including phenoxy) is 1.